The number of carbonyl (C=O) groups excluding carboxylic acids is 2. The quantitative estimate of drug-likeness (QED) is 0.707. The molecule has 1 aliphatic heterocycles. The van der Waals surface area contributed by atoms with Crippen LogP contribution in [-0.2, 0) is 9.53 Å². The van der Waals surface area contributed by atoms with Crippen LogP contribution in [0.2, 0.25) is 0 Å². The molecule has 0 aromatic carbocycles. The largest absolute Gasteiger partial charge is 0.453 e. The van der Waals surface area contributed by atoms with E-state index in [1.54, 1.807) is 9.80 Å². The summed E-state index contributed by atoms with van der Waals surface area (Å²) in [7, 11) is 1.37. The van der Waals surface area contributed by atoms with Gasteiger partial charge in [-0.1, -0.05) is 0 Å². The van der Waals surface area contributed by atoms with E-state index in [4.69, 9.17) is 5.73 Å². The molecule has 0 bridgehead atoms. The normalized spacial score (nSPS) is 15.9. The van der Waals surface area contributed by atoms with Gasteiger partial charge in [0.2, 0.25) is 5.91 Å². The fourth-order valence-electron chi connectivity index (χ4n) is 1.85. The molecular weight excluding hydrogens is 222 g/mol. The minimum atomic E-state index is -0.319. The van der Waals surface area contributed by atoms with Gasteiger partial charge in [-0.15, -0.1) is 0 Å². The molecule has 98 valence electrons. The van der Waals surface area contributed by atoms with Gasteiger partial charge in [0.15, 0.2) is 0 Å². The monoisotopic (exact) mass is 243 g/mol. The Kier molecular flexibility index (Phi) is 5.76. The molecular formula is C11H21N3O3. The molecule has 0 radical (unpaired) electrons. The summed E-state index contributed by atoms with van der Waals surface area (Å²) in [5.41, 5.74) is 5.38. The molecule has 0 unspecified atom stereocenters. The van der Waals surface area contributed by atoms with E-state index < -0.39 is 0 Å². The Labute approximate surface area is 102 Å². The molecule has 2 N–H and O–H groups in total. The van der Waals surface area contributed by atoms with Crippen molar-refractivity contribution >= 4 is 12.0 Å². The van der Waals surface area contributed by atoms with E-state index in [-0.39, 0.29) is 12.0 Å². The van der Waals surface area contributed by atoms with Crippen molar-refractivity contribution in [3.05, 3.63) is 0 Å². The summed E-state index contributed by atoms with van der Waals surface area (Å²) in [5, 5.41) is 0. The smallest absolute Gasteiger partial charge is 0.409 e. The van der Waals surface area contributed by atoms with Crippen LogP contribution >= 0.6 is 0 Å². The number of carbonyl (C=O) groups is 2. The Morgan fingerprint density at radius 2 is 1.71 bits per heavy atom. The second kappa shape index (κ2) is 7.11. The van der Waals surface area contributed by atoms with Crippen molar-refractivity contribution in [2.75, 3.05) is 39.8 Å². The fourth-order valence-corrected chi connectivity index (χ4v) is 1.85. The van der Waals surface area contributed by atoms with Crippen LogP contribution in [0.4, 0.5) is 4.79 Å². The van der Waals surface area contributed by atoms with Crippen LogP contribution in [0.5, 0.6) is 0 Å². The Morgan fingerprint density at radius 3 is 2.24 bits per heavy atom. The lowest BCUT2D eigenvalue weighted by atomic mass is 10.2. The highest BCUT2D eigenvalue weighted by Crippen LogP contribution is 2.07. The highest BCUT2D eigenvalue weighted by atomic mass is 16.5. The zero-order chi connectivity index (χ0) is 12.7. The number of hydrogen-bond acceptors (Lipinski definition) is 4. The van der Waals surface area contributed by atoms with Gasteiger partial charge in [-0.05, 0) is 19.4 Å². The first kappa shape index (κ1) is 13.8. The summed E-state index contributed by atoms with van der Waals surface area (Å²) in [5.74, 6) is 0.156. The number of amides is 2. The Morgan fingerprint density at radius 1 is 1.12 bits per heavy atom. The Balaban J connectivity index is 2.26. The van der Waals surface area contributed by atoms with Crippen LogP contribution in [0.25, 0.3) is 0 Å². The van der Waals surface area contributed by atoms with Crippen molar-refractivity contribution in [3.8, 4) is 0 Å². The number of unbranched alkanes of at least 4 members (excludes halogenated alkanes) is 1. The number of ether oxygens (including phenoxy) is 1. The predicted molar refractivity (Wildman–Crippen MR) is 63.5 cm³/mol. The number of nitrogens with zero attached hydrogens (tertiary/aromatic N) is 2. The molecule has 6 nitrogen and oxygen atoms in total. The molecule has 1 rings (SSSR count). The maximum absolute atomic E-state index is 11.8. The van der Waals surface area contributed by atoms with E-state index in [0.717, 1.165) is 12.8 Å². The molecule has 6 heteroatoms. The van der Waals surface area contributed by atoms with Crippen LogP contribution in [0.1, 0.15) is 19.3 Å². The molecule has 0 atom stereocenters. The van der Waals surface area contributed by atoms with Gasteiger partial charge in [-0.25, -0.2) is 4.79 Å². The van der Waals surface area contributed by atoms with E-state index in [1.807, 2.05) is 0 Å². The van der Waals surface area contributed by atoms with E-state index in [1.165, 1.54) is 7.11 Å². The Bertz CT molecular complexity index is 263. The number of methoxy groups -OCH3 is 1. The van der Waals surface area contributed by atoms with Gasteiger partial charge in [-0.2, -0.15) is 0 Å². The van der Waals surface area contributed by atoms with Crippen molar-refractivity contribution in [1.82, 2.24) is 9.80 Å². The lowest BCUT2D eigenvalue weighted by molar-refractivity contribution is -0.132. The van der Waals surface area contributed by atoms with Gasteiger partial charge in [-0.3, -0.25) is 4.79 Å². The fraction of sp³-hybridized carbons (Fsp3) is 0.818. The van der Waals surface area contributed by atoms with Crippen molar-refractivity contribution in [2.24, 2.45) is 5.73 Å². The lowest BCUT2D eigenvalue weighted by Gasteiger charge is -2.33. The number of hydrogen-bond donors (Lipinski definition) is 1. The maximum Gasteiger partial charge on any atom is 0.409 e. The second-order valence-corrected chi connectivity index (χ2v) is 4.08. The van der Waals surface area contributed by atoms with Crippen LogP contribution in [0.3, 0.4) is 0 Å². The standard InChI is InChI=1S/C11H21N3O3/c1-17-11(16)14-8-6-13(7-9-14)10(15)4-2-3-5-12/h2-9,12H2,1H3. The first-order chi connectivity index (χ1) is 8.19. The number of piperazine rings is 1. The molecule has 0 saturated carbocycles. The molecule has 1 saturated heterocycles. The topological polar surface area (TPSA) is 75.9 Å². The van der Waals surface area contributed by atoms with Crippen molar-refractivity contribution < 1.29 is 14.3 Å². The third-order valence-electron chi connectivity index (χ3n) is 2.91. The van der Waals surface area contributed by atoms with E-state index >= 15 is 0 Å². The summed E-state index contributed by atoms with van der Waals surface area (Å²) in [4.78, 5) is 26.4. The van der Waals surface area contributed by atoms with Crippen molar-refractivity contribution in [3.63, 3.8) is 0 Å². The van der Waals surface area contributed by atoms with E-state index in [0.29, 0.717) is 39.1 Å². The first-order valence-electron chi connectivity index (χ1n) is 5.99. The van der Waals surface area contributed by atoms with Gasteiger partial charge >= 0.3 is 6.09 Å². The number of rotatable bonds is 4. The van der Waals surface area contributed by atoms with Crippen LogP contribution in [0.15, 0.2) is 0 Å². The average Bonchev–Trinajstić information content (AvgIpc) is 2.38. The van der Waals surface area contributed by atoms with Gasteiger partial charge in [0.05, 0.1) is 7.11 Å². The zero-order valence-electron chi connectivity index (χ0n) is 10.4. The van der Waals surface area contributed by atoms with Crippen LogP contribution in [0, 0.1) is 0 Å². The highest BCUT2D eigenvalue weighted by Gasteiger charge is 2.23. The Hall–Kier alpha value is -1.30. The highest BCUT2D eigenvalue weighted by molar-refractivity contribution is 5.76. The average molecular weight is 243 g/mol. The second-order valence-electron chi connectivity index (χ2n) is 4.08. The third kappa shape index (κ3) is 4.22. The minimum absolute atomic E-state index is 0.156. The zero-order valence-corrected chi connectivity index (χ0v) is 10.4. The van der Waals surface area contributed by atoms with Gasteiger partial charge in [0, 0.05) is 32.6 Å². The molecule has 17 heavy (non-hydrogen) atoms. The molecule has 1 heterocycles. The molecule has 0 aliphatic carbocycles. The van der Waals surface area contributed by atoms with Crippen molar-refractivity contribution in [1.29, 1.82) is 0 Å². The number of nitrogens with two attached hydrogens (primary N) is 1. The molecule has 0 aromatic rings. The summed E-state index contributed by atoms with van der Waals surface area (Å²) < 4.78 is 4.63. The summed E-state index contributed by atoms with van der Waals surface area (Å²) >= 11 is 0. The predicted octanol–water partition coefficient (Wildman–Crippen LogP) is 0.0260. The van der Waals surface area contributed by atoms with E-state index in [2.05, 4.69) is 4.74 Å². The van der Waals surface area contributed by atoms with Crippen LogP contribution in [-0.4, -0.2) is 61.6 Å². The lowest BCUT2D eigenvalue weighted by Crippen LogP contribution is -2.50. The van der Waals surface area contributed by atoms with Crippen molar-refractivity contribution in [2.45, 2.75) is 19.3 Å². The van der Waals surface area contributed by atoms with Gasteiger partial charge < -0.3 is 20.3 Å². The summed E-state index contributed by atoms with van der Waals surface area (Å²) in [6.07, 6.45) is 1.95. The summed E-state index contributed by atoms with van der Waals surface area (Å²) in [6, 6.07) is 0. The minimum Gasteiger partial charge on any atom is -0.453 e. The molecule has 2 amide bonds. The first-order valence-corrected chi connectivity index (χ1v) is 5.99. The van der Waals surface area contributed by atoms with E-state index in [9.17, 15) is 9.59 Å². The maximum atomic E-state index is 11.8. The van der Waals surface area contributed by atoms with Gasteiger partial charge in [0.1, 0.15) is 0 Å². The third-order valence-corrected chi connectivity index (χ3v) is 2.91. The van der Waals surface area contributed by atoms with Crippen LogP contribution < -0.4 is 5.73 Å². The summed E-state index contributed by atoms with van der Waals surface area (Å²) in [6.45, 7) is 2.92. The molecule has 0 spiro atoms. The molecule has 1 fully saturated rings. The molecule has 1 aliphatic rings. The van der Waals surface area contributed by atoms with Gasteiger partial charge in [0.25, 0.3) is 0 Å². The molecule has 0 aromatic heterocycles. The SMILES string of the molecule is COC(=O)N1CCN(C(=O)CCCCN)CC1.